The lowest BCUT2D eigenvalue weighted by Gasteiger charge is -2.34. The summed E-state index contributed by atoms with van der Waals surface area (Å²) < 4.78 is 10.5. The zero-order valence-electron chi connectivity index (χ0n) is 22.7. The van der Waals surface area contributed by atoms with Crippen molar-refractivity contribution < 1.29 is 23.9 Å². The molecule has 1 aliphatic rings. The number of hydrogen-bond donors (Lipinski definition) is 1. The number of esters is 2. The lowest BCUT2D eigenvalue weighted by Crippen LogP contribution is -2.48. The van der Waals surface area contributed by atoms with Crippen molar-refractivity contribution in [3.63, 3.8) is 0 Å². The van der Waals surface area contributed by atoms with Crippen molar-refractivity contribution in [3.8, 4) is 0 Å². The van der Waals surface area contributed by atoms with Crippen LogP contribution in [0, 0.1) is 11.8 Å². The van der Waals surface area contributed by atoms with Crippen LogP contribution in [0.25, 0.3) is 0 Å². The number of hydrogen-bond acceptors (Lipinski definition) is 5. The molecule has 3 atom stereocenters. The van der Waals surface area contributed by atoms with Crippen LogP contribution in [0.2, 0.25) is 0 Å². The minimum atomic E-state index is -0.395. The quantitative estimate of drug-likeness (QED) is 0.115. The normalized spacial score (nSPS) is 18.1. The van der Waals surface area contributed by atoms with E-state index in [1.807, 2.05) is 6.92 Å². The van der Waals surface area contributed by atoms with Crippen molar-refractivity contribution in [2.45, 2.75) is 148 Å². The molecule has 0 saturated carbocycles. The van der Waals surface area contributed by atoms with Gasteiger partial charge in [-0.3, -0.25) is 14.4 Å². The van der Waals surface area contributed by atoms with E-state index in [4.69, 9.17) is 15.2 Å². The topological polar surface area (TPSA) is 95.7 Å². The standard InChI is InChI=1S/C29H53NO5/c1-3-5-6-7-8-9-10-11-12-13-14-15-16-17-18-19-20-24(21-22-27(30)31)28(32)34-23-26-25(4-2)29(33)35-26/h24-26H,3-23H2,1-2H3,(H2,30,31)/t24-,25-,26+/m0/s1. The van der Waals surface area contributed by atoms with E-state index in [2.05, 4.69) is 6.92 Å². The molecule has 6 heteroatoms. The van der Waals surface area contributed by atoms with E-state index in [1.165, 1.54) is 89.9 Å². The molecular weight excluding hydrogens is 442 g/mol. The lowest BCUT2D eigenvalue weighted by molar-refractivity contribution is -0.194. The molecule has 1 aliphatic heterocycles. The molecule has 35 heavy (non-hydrogen) atoms. The summed E-state index contributed by atoms with van der Waals surface area (Å²) in [5.41, 5.74) is 5.29. The predicted molar refractivity (Wildman–Crippen MR) is 141 cm³/mol. The van der Waals surface area contributed by atoms with Gasteiger partial charge < -0.3 is 15.2 Å². The van der Waals surface area contributed by atoms with E-state index in [9.17, 15) is 14.4 Å². The van der Waals surface area contributed by atoms with E-state index in [-0.39, 0.29) is 42.9 Å². The highest BCUT2D eigenvalue weighted by Gasteiger charge is 2.41. The molecule has 1 saturated heterocycles. The highest BCUT2D eigenvalue weighted by molar-refractivity contribution is 5.79. The first kappa shape index (κ1) is 31.4. The van der Waals surface area contributed by atoms with Crippen molar-refractivity contribution in [1.82, 2.24) is 0 Å². The van der Waals surface area contributed by atoms with Crippen LogP contribution in [0.3, 0.4) is 0 Å². The molecule has 0 aromatic carbocycles. The highest BCUT2D eigenvalue weighted by atomic mass is 16.6. The molecule has 0 radical (unpaired) electrons. The Morgan fingerprint density at radius 3 is 1.71 bits per heavy atom. The number of cyclic esters (lactones) is 1. The van der Waals surface area contributed by atoms with E-state index >= 15 is 0 Å². The third-order valence-electron chi connectivity index (χ3n) is 7.33. The van der Waals surface area contributed by atoms with Crippen molar-refractivity contribution in [2.24, 2.45) is 17.6 Å². The Balaban J connectivity index is 2.05. The van der Waals surface area contributed by atoms with Gasteiger partial charge in [0.25, 0.3) is 0 Å². The zero-order chi connectivity index (χ0) is 25.7. The molecule has 0 aliphatic carbocycles. The zero-order valence-corrected chi connectivity index (χ0v) is 22.7. The van der Waals surface area contributed by atoms with Gasteiger partial charge in [-0.1, -0.05) is 117 Å². The Morgan fingerprint density at radius 2 is 1.29 bits per heavy atom. The van der Waals surface area contributed by atoms with Gasteiger partial charge in [-0.25, -0.2) is 0 Å². The molecular formula is C29H53NO5. The van der Waals surface area contributed by atoms with Gasteiger partial charge in [-0.15, -0.1) is 0 Å². The first-order valence-corrected chi connectivity index (χ1v) is 14.6. The maximum atomic E-state index is 12.6. The Bertz CT molecular complexity index is 579. The molecule has 1 rings (SSSR count). The monoisotopic (exact) mass is 495 g/mol. The van der Waals surface area contributed by atoms with E-state index in [0.29, 0.717) is 19.3 Å². The lowest BCUT2D eigenvalue weighted by atomic mass is 9.94. The number of nitrogens with two attached hydrogens (primary N) is 1. The summed E-state index contributed by atoms with van der Waals surface area (Å²) in [4.78, 5) is 35.1. The Kier molecular flexibility index (Phi) is 18.5. The van der Waals surface area contributed by atoms with Gasteiger partial charge in [0.2, 0.25) is 5.91 Å². The van der Waals surface area contributed by atoms with E-state index in [0.717, 1.165) is 12.8 Å². The van der Waals surface area contributed by atoms with Crippen LogP contribution in [-0.4, -0.2) is 30.6 Å². The van der Waals surface area contributed by atoms with E-state index in [1.54, 1.807) is 0 Å². The molecule has 0 aromatic heterocycles. The summed E-state index contributed by atoms with van der Waals surface area (Å²) >= 11 is 0. The van der Waals surface area contributed by atoms with Gasteiger partial charge >= 0.3 is 11.9 Å². The molecule has 1 amide bonds. The van der Waals surface area contributed by atoms with Crippen LogP contribution in [0.15, 0.2) is 0 Å². The van der Waals surface area contributed by atoms with Gasteiger partial charge in [0.1, 0.15) is 12.7 Å². The number of carbonyl (C=O) groups is 3. The first-order chi connectivity index (χ1) is 17.0. The Labute approximate surface area is 214 Å². The predicted octanol–water partition coefficient (Wildman–Crippen LogP) is 7.01. The smallest absolute Gasteiger partial charge is 0.313 e. The molecule has 0 unspecified atom stereocenters. The van der Waals surface area contributed by atoms with Crippen molar-refractivity contribution in [2.75, 3.05) is 6.61 Å². The van der Waals surface area contributed by atoms with Crippen LogP contribution in [0.1, 0.15) is 142 Å². The average Bonchev–Trinajstić information content (AvgIpc) is 2.83. The molecule has 6 nitrogen and oxygen atoms in total. The second-order valence-corrected chi connectivity index (χ2v) is 10.4. The maximum Gasteiger partial charge on any atom is 0.313 e. The third-order valence-corrected chi connectivity index (χ3v) is 7.33. The second kappa shape index (κ2) is 20.6. The SMILES string of the molecule is CCCCCCCCCCCCCCCCCC[C@@H](CCC(N)=O)C(=O)OC[C@H]1OC(=O)[C@H]1CC. The Hall–Kier alpha value is -1.59. The van der Waals surface area contributed by atoms with Gasteiger partial charge in [0.15, 0.2) is 0 Å². The van der Waals surface area contributed by atoms with Crippen molar-refractivity contribution >= 4 is 17.8 Å². The minimum absolute atomic E-state index is 0.106. The summed E-state index contributed by atoms with van der Waals surface area (Å²) in [6, 6.07) is 0. The van der Waals surface area contributed by atoms with Crippen LogP contribution in [0.4, 0.5) is 0 Å². The molecule has 2 N–H and O–H groups in total. The van der Waals surface area contributed by atoms with Crippen LogP contribution < -0.4 is 5.73 Å². The number of unbranched alkanes of at least 4 members (excludes halogenated alkanes) is 15. The maximum absolute atomic E-state index is 12.6. The molecule has 0 spiro atoms. The van der Waals surface area contributed by atoms with Crippen molar-refractivity contribution in [3.05, 3.63) is 0 Å². The number of primary amides is 1. The number of rotatable bonds is 24. The fraction of sp³-hybridized carbons (Fsp3) is 0.897. The number of ether oxygens (including phenoxy) is 2. The van der Waals surface area contributed by atoms with Crippen LogP contribution in [0.5, 0.6) is 0 Å². The molecule has 0 bridgehead atoms. The summed E-state index contributed by atoms with van der Waals surface area (Å²) in [5.74, 6) is -1.40. The summed E-state index contributed by atoms with van der Waals surface area (Å²) in [6.07, 6.45) is 22.7. The molecule has 1 fully saturated rings. The summed E-state index contributed by atoms with van der Waals surface area (Å²) in [6.45, 7) is 4.30. The third kappa shape index (κ3) is 15.2. The second-order valence-electron chi connectivity index (χ2n) is 10.4. The van der Waals surface area contributed by atoms with Gasteiger partial charge in [-0.05, 0) is 19.3 Å². The summed E-state index contributed by atoms with van der Waals surface area (Å²) in [7, 11) is 0. The highest BCUT2D eigenvalue weighted by Crippen LogP contribution is 2.26. The van der Waals surface area contributed by atoms with Gasteiger partial charge in [0, 0.05) is 6.42 Å². The number of amides is 1. The average molecular weight is 496 g/mol. The molecule has 204 valence electrons. The van der Waals surface area contributed by atoms with Crippen LogP contribution in [-0.2, 0) is 23.9 Å². The van der Waals surface area contributed by atoms with Gasteiger partial charge in [-0.2, -0.15) is 0 Å². The fourth-order valence-electron chi connectivity index (χ4n) is 4.90. The fourth-order valence-corrected chi connectivity index (χ4v) is 4.90. The first-order valence-electron chi connectivity index (χ1n) is 14.6. The summed E-state index contributed by atoms with van der Waals surface area (Å²) in [5, 5.41) is 0. The Morgan fingerprint density at radius 1 is 0.800 bits per heavy atom. The minimum Gasteiger partial charge on any atom is -0.461 e. The van der Waals surface area contributed by atoms with E-state index < -0.39 is 5.91 Å². The number of carbonyl (C=O) groups excluding carboxylic acids is 3. The van der Waals surface area contributed by atoms with Crippen LogP contribution >= 0.6 is 0 Å². The van der Waals surface area contributed by atoms with Crippen molar-refractivity contribution in [1.29, 1.82) is 0 Å². The van der Waals surface area contributed by atoms with Gasteiger partial charge in [0.05, 0.1) is 11.8 Å². The largest absolute Gasteiger partial charge is 0.461 e. The molecule has 0 aromatic rings. The molecule has 1 heterocycles.